The van der Waals surface area contributed by atoms with Gasteiger partial charge in [-0.1, -0.05) is 6.08 Å². The van der Waals surface area contributed by atoms with Crippen LogP contribution >= 0.6 is 0 Å². The van der Waals surface area contributed by atoms with Crippen molar-refractivity contribution < 1.29 is 4.21 Å². The molecule has 0 amide bonds. The predicted octanol–water partition coefficient (Wildman–Crippen LogP) is 2.49. The van der Waals surface area contributed by atoms with Gasteiger partial charge in [0.15, 0.2) is 0 Å². The monoisotopic (exact) mass is 187 g/mol. The molecular formula is C9H17NOS. The number of rotatable bonds is 4. The van der Waals surface area contributed by atoms with Crippen molar-refractivity contribution in [2.45, 2.75) is 38.4 Å². The Morgan fingerprint density at radius 2 is 2.00 bits per heavy atom. The topological polar surface area (TPSA) is 29.4 Å². The van der Waals surface area contributed by atoms with Crippen molar-refractivity contribution in [2.24, 2.45) is 4.40 Å². The number of hydrogen-bond donors (Lipinski definition) is 0. The van der Waals surface area contributed by atoms with Crippen LogP contribution in [0.15, 0.2) is 17.1 Å². The van der Waals surface area contributed by atoms with E-state index in [1.54, 1.807) is 6.21 Å². The lowest BCUT2D eigenvalue weighted by Crippen LogP contribution is -2.19. The lowest BCUT2D eigenvalue weighted by molar-refractivity contribution is 0.650. The van der Waals surface area contributed by atoms with Gasteiger partial charge in [-0.15, -0.1) is 6.58 Å². The Bertz CT molecular complexity index is 191. The van der Waals surface area contributed by atoms with E-state index in [1.165, 1.54) is 0 Å². The first-order chi connectivity index (χ1) is 5.48. The zero-order valence-electron chi connectivity index (χ0n) is 8.04. The minimum absolute atomic E-state index is 0.245. The fourth-order valence-electron chi connectivity index (χ4n) is 0.471. The van der Waals surface area contributed by atoms with Crippen molar-refractivity contribution in [1.82, 2.24) is 0 Å². The highest BCUT2D eigenvalue weighted by atomic mass is 32.2. The molecular weight excluding hydrogens is 170 g/mol. The first-order valence-corrected chi connectivity index (χ1v) is 5.14. The van der Waals surface area contributed by atoms with Gasteiger partial charge >= 0.3 is 0 Å². The summed E-state index contributed by atoms with van der Waals surface area (Å²) in [5.74, 6) is 0. The van der Waals surface area contributed by atoms with Gasteiger partial charge in [-0.05, 0) is 33.6 Å². The van der Waals surface area contributed by atoms with E-state index in [1.807, 2.05) is 26.8 Å². The van der Waals surface area contributed by atoms with Crippen LogP contribution in [0.2, 0.25) is 0 Å². The second kappa shape index (κ2) is 5.25. The van der Waals surface area contributed by atoms with Gasteiger partial charge in [-0.3, -0.25) is 0 Å². The van der Waals surface area contributed by atoms with Gasteiger partial charge in [0, 0.05) is 6.21 Å². The van der Waals surface area contributed by atoms with Crippen molar-refractivity contribution in [3.8, 4) is 0 Å². The maximum atomic E-state index is 11.3. The summed E-state index contributed by atoms with van der Waals surface area (Å²) in [5.41, 5.74) is 0. The van der Waals surface area contributed by atoms with Crippen LogP contribution in [-0.4, -0.2) is 15.2 Å². The molecule has 0 rings (SSSR count). The molecule has 70 valence electrons. The molecule has 12 heavy (non-hydrogen) atoms. The molecule has 0 aliphatic carbocycles. The molecule has 3 heteroatoms. The molecule has 0 aliphatic heterocycles. The Morgan fingerprint density at radius 3 is 2.42 bits per heavy atom. The van der Waals surface area contributed by atoms with Crippen molar-refractivity contribution in [1.29, 1.82) is 0 Å². The molecule has 0 spiro atoms. The zero-order chi connectivity index (χ0) is 9.61. The molecule has 0 aromatic rings. The Hall–Kier alpha value is -0.440. The third kappa shape index (κ3) is 5.24. The van der Waals surface area contributed by atoms with Gasteiger partial charge in [0.2, 0.25) is 0 Å². The molecule has 0 fully saturated rings. The van der Waals surface area contributed by atoms with Crippen LogP contribution in [0.5, 0.6) is 0 Å². The average molecular weight is 187 g/mol. The minimum atomic E-state index is -1.11. The van der Waals surface area contributed by atoms with E-state index < -0.39 is 11.0 Å². The van der Waals surface area contributed by atoms with Crippen LogP contribution in [0.25, 0.3) is 0 Å². The molecule has 0 aromatic carbocycles. The Labute approximate surface area is 77.4 Å². The van der Waals surface area contributed by atoms with Crippen LogP contribution in [0.1, 0.15) is 33.6 Å². The van der Waals surface area contributed by atoms with E-state index in [0.717, 1.165) is 12.8 Å². The highest BCUT2D eigenvalue weighted by Gasteiger charge is 2.17. The summed E-state index contributed by atoms with van der Waals surface area (Å²) in [6, 6.07) is 0. The predicted molar refractivity (Wildman–Crippen MR) is 55.8 cm³/mol. The molecule has 0 aromatic heterocycles. The summed E-state index contributed by atoms with van der Waals surface area (Å²) in [4.78, 5) is 0. The number of nitrogens with zero attached hydrogens (tertiary/aromatic N) is 1. The van der Waals surface area contributed by atoms with E-state index in [-0.39, 0.29) is 4.75 Å². The van der Waals surface area contributed by atoms with Crippen molar-refractivity contribution in [3.05, 3.63) is 12.7 Å². The number of allylic oxidation sites excluding steroid dienone is 1. The van der Waals surface area contributed by atoms with Gasteiger partial charge in [-0.25, -0.2) is 4.21 Å². The third-order valence-corrected chi connectivity index (χ3v) is 2.58. The van der Waals surface area contributed by atoms with Gasteiger partial charge in [-0.2, -0.15) is 4.40 Å². The minimum Gasteiger partial charge on any atom is -0.234 e. The van der Waals surface area contributed by atoms with E-state index in [0.29, 0.717) is 0 Å². The number of hydrogen-bond acceptors (Lipinski definition) is 1. The van der Waals surface area contributed by atoms with Crippen LogP contribution in [0, 0.1) is 0 Å². The van der Waals surface area contributed by atoms with Gasteiger partial charge in [0.25, 0.3) is 0 Å². The summed E-state index contributed by atoms with van der Waals surface area (Å²) in [6.07, 6.45) is 5.26. The third-order valence-electron chi connectivity index (χ3n) is 1.19. The van der Waals surface area contributed by atoms with Gasteiger partial charge in [0.05, 0.1) is 4.75 Å². The fourth-order valence-corrected chi connectivity index (χ4v) is 1.03. The summed E-state index contributed by atoms with van der Waals surface area (Å²) in [6.45, 7) is 9.32. The Balaban J connectivity index is 3.84. The Kier molecular flexibility index (Phi) is 5.06. The highest BCUT2D eigenvalue weighted by molar-refractivity contribution is 7.85. The smallest absolute Gasteiger partial charge is 0.144 e. The van der Waals surface area contributed by atoms with Crippen LogP contribution in [0.3, 0.4) is 0 Å². The maximum absolute atomic E-state index is 11.3. The molecule has 0 heterocycles. The first kappa shape index (κ1) is 11.6. The van der Waals surface area contributed by atoms with Crippen molar-refractivity contribution in [2.75, 3.05) is 0 Å². The Morgan fingerprint density at radius 1 is 1.42 bits per heavy atom. The summed E-state index contributed by atoms with van der Waals surface area (Å²) >= 11 is 0. The molecule has 0 aliphatic rings. The maximum Gasteiger partial charge on any atom is 0.144 e. The van der Waals surface area contributed by atoms with Gasteiger partial charge < -0.3 is 0 Å². The van der Waals surface area contributed by atoms with Gasteiger partial charge in [0.1, 0.15) is 11.0 Å². The normalized spacial score (nSPS) is 14.9. The summed E-state index contributed by atoms with van der Waals surface area (Å²) < 4.78 is 15.0. The quantitative estimate of drug-likeness (QED) is 0.378. The van der Waals surface area contributed by atoms with E-state index in [2.05, 4.69) is 11.0 Å². The molecule has 0 saturated heterocycles. The molecule has 0 N–H and O–H groups in total. The molecule has 0 saturated carbocycles. The highest BCUT2D eigenvalue weighted by Crippen LogP contribution is 2.11. The van der Waals surface area contributed by atoms with Crippen LogP contribution in [-0.2, 0) is 11.0 Å². The van der Waals surface area contributed by atoms with E-state index >= 15 is 0 Å². The standard InChI is InChI=1S/C9H17NOS/c1-5-6-7-8-10-12(11)9(2,3)4/h5,8H,1,6-7H2,2-4H3/b10-8+. The summed E-state index contributed by atoms with van der Waals surface area (Å²) in [5, 5.41) is 0. The zero-order valence-corrected chi connectivity index (χ0v) is 8.86. The van der Waals surface area contributed by atoms with Crippen LogP contribution in [0.4, 0.5) is 0 Å². The summed E-state index contributed by atoms with van der Waals surface area (Å²) in [7, 11) is -1.11. The first-order valence-electron chi connectivity index (χ1n) is 4.04. The molecule has 1 atom stereocenters. The van der Waals surface area contributed by atoms with E-state index in [9.17, 15) is 4.21 Å². The van der Waals surface area contributed by atoms with Crippen molar-refractivity contribution >= 4 is 17.2 Å². The lowest BCUT2D eigenvalue weighted by Gasteiger charge is -2.12. The van der Waals surface area contributed by atoms with E-state index in [4.69, 9.17) is 0 Å². The fraction of sp³-hybridized carbons (Fsp3) is 0.667. The lowest BCUT2D eigenvalue weighted by atomic mass is 10.3. The van der Waals surface area contributed by atoms with Crippen LogP contribution < -0.4 is 0 Å². The molecule has 0 bridgehead atoms. The SMILES string of the molecule is C=CCC/C=N/S(=O)C(C)(C)C. The second-order valence-electron chi connectivity index (χ2n) is 3.52. The molecule has 2 nitrogen and oxygen atoms in total. The van der Waals surface area contributed by atoms with Crippen molar-refractivity contribution in [3.63, 3.8) is 0 Å². The second-order valence-corrected chi connectivity index (χ2v) is 5.45. The largest absolute Gasteiger partial charge is 0.234 e. The average Bonchev–Trinajstić information content (AvgIpc) is 1.96. The number of unbranched alkanes of at least 4 members (excludes halogenated alkanes) is 1. The molecule has 0 radical (unpaired) electrons. The molecule has 1 unspecified atom stereocenters.